The Morgan fingerprint density at radius 1 is 1.19 bits per heavy atom. The van der Waals surface area contributed by atoms with Crippen LogP contribution in [0.1, 0.15) is 54.5 Å². The van der Waals surface area contributed by atoms with Crippen LogP contribution in [0.4, 0.5) is 0 Å². The lowest BCUT2D eigenvalue weighted by atomic mass is 10.0. The molecule has 0 fully saturated rings. The molecule has 0 radical (unpaired) electrons. The highest BCUT2D eigenvalue weighted by atomic mass is 35.5. The van der Waals surface area contributed by atoms with Gasteiger partial charge in [0.15, 0.2) is 5.78 Å². The molecule has 0 atom stereocenters. The number of nitrogens with zero attached hydrogens (tertiary/aromatic N) is 2. The number of carbonyl (C=O) groups is 1. The van der Waals surface area contributed by atoms with Crippen molar-refractivity contribution in [2.45, 2.75) is 46.6 Å². The van der Waals surface area contributed by atoms with E-state index in [0.29, 0.717) is 13.0 Å². The van der Waals surface area contributed by atoms with E-state index < -0.39 is 0 Å². The van der Waals surface area contributed by atoms with Crippen molar-refractivity contribution in [1.29, 1.82) is 0 Å². The van der Waals surface area contributed by atoms with Crippen molar-refractivity contribution in [2.24, 2.45) is 0 Å². The predicted octanol–water partition coefficient (Wildman–Crippen LogP) is 4.30. The SMILES string of the molecule is CCC(=O)c1c(CC)nn(Cc2ccccc2Cl)c1CC. The minimum Gasteiger partial charge on any atom is -0.294 e. The summed E-state index contributed by atoms with van der Waals surface area (Å²) in [4.78, 5) is 12.2. The second kappa shape index (κ2) is 6.90. The molecule has 2 aromatic rings. The molecule has 0 N–H and O–H groups in total. The summed E-state index contributed by atoms with van der Waals surface area (Å²) >= 11 is 6.23. The van der Waals surface area contributed by atoms with Gasteiger partial charge in [0.2, 0.25) is 0 Å². The van der Waals surface area contributed by atoms with Crippen molar-refractivity contribution in [3.05, 3.63) is 51.8 Å². The predicted molar refractivity (Wildman–Crippen MR) is 86.2 cm³/mol. The number of ketones is 1. The topological polar surface area (TPSA) is 34.9 Å². The van der Waals surface area contributed by atoms with Gasteiger partial charge in [-0.2, -0.15) is 5.10 Å². The molecule has 4 heteroatoms. The molecule has 0 aliphatic rings. The fraction of sp³-hybridized carbons (Fsp3) is 0.412. The first-order valence-corrected chi connectivity index (χ1v) is 7.85. The molecule has 1 heterocycles. The molecule has 2 rings (SSSR count). The molecule has 0 bridgehead atoms. The molecule has 0 saturated carbocycles. The monoisotopic (exact) mass is 304 g/mol. The number of carbonyl (C=O) groups excluding carboxylic acids is 1. The van der Waals surface area contributed by atoms with E-state index in [1.807, 2.05) is 42.8 Å². The summed E-state index contributed by atoms with van der Waals surface area (Å²) < 4.78 is 1.93. The van der Waals surface area contributed by atoms with Gasteiger partial charge in [-0.15, -0.1) is 0 Å². The van der Waals surface area contributed by atoms with Crippen molar-refractivity contribution >= 4 is 17.4 Å². The molecule has 0 aliphatic carbocycles. The van der Waals surface area contributed by atoms with Gasteiger partial charge < -0.3 is 0 Å². The van der Waals surface area contributed by atoms with E-state index in [-0.39, 0.29) is 5.78 Å². The Labute approximate surface area is 130 Å². The Morgan fingerprint density at radius 3 is 2.48 bits per heavy atom. The Kier molecular flexibility index (Phi) is 5.18. The van der Waals surface area contributed by atoms with Crippen LogP contribution >= 0.6 is 11.6 Å². The Hall–Kier alpha value is -1.61. The zero-order valence-electron chi connectivity index (χ0n) is 12.8. The number of benzene rings is 1. The van der Waals surface area contributed by atoms with Crippen LogP contribution in [0.2, 0.25) is 5.02 Å². The first-order chi connectivity index (χ1) is 10.1. The number of aryl methyl sites for hydroxylation is 1. The second-order valence-corrected chi connectivity index (χ2v) is 5.41. The number of aromatic nitrogens is 2. The van der Waals surface area contributed by atoms with E-state index in [0.717, 1.165) is 40.4 Å². The summed E-state index contributed by atoms with van der Waals surface area (Å²) in [5, 5.41) is 5.37. The van der Waals surface area contributed by atoms with Gasteiger partial charge in [-0.1, -0.05) is 50.6 Å². The highest BCUT2D eigenvalue weighted by Gasteiger charge is 2.20. The van der Waals surface area contributed by atoms with E-state index >= 15 is 0 Å². The molecule has 0 spiro atoms. The normalized spacial score (nSPS) is 10.9. The van der Waals surface area contributed by atoms with Crippen LogP contribution in [0.3, 0.4) is 0 Å². The molecule has 3 nitrogen and oxygen atoms in total. The first-order valence-electron chi connectivity index (χ1n) is 7.47. The number of Topliss-reactive ketones (excluding diaryl/α,β-unsaturated/α-hetero) is 1. The molecule has 0 amide bonds. The largest absolute Gasteiger partial charge is 0.294 e. The fourth-order valence-electron chi connectivity index (χ4n) is 2.58. The number of rotatable bonds is 6. The van der Waals surface area contributed by atoms with Crippen LogP contribution in [-0.2, 0) is 19.4 Å². The molecule has 0 unspecified atom stereocenters. The third-order valence-electron chi connectivity index (χ3n) is 3.68. The maximum atomic E-state index is 12.2. The molecule has 1 aromatic carbocycles. The second-order valence-electron chi connectivity index (χ2n) is 5.00. The molecule has 0 saturated heterocycles. The summed E-state index contributed by atoms with van der Waals surface area (Å²) in [6.45, 7) is 6.60. The van der Waals surface area contributed by atoms with Crippen molar-refractivity contribution in [3.63, 3.8) is 0 Å². The summed E-state index contributed by atoms with van der Waals surface area (Å²) in [6.07, 6.45) is 2.07. The van der Waals surface area contributed by atoms with E-state index in [2.05, 4.69) is 12.0 Å². The van der Waals surface area contributed by atoms with E-state index in [4.69, 9.17) is 11.6 Å². The van der Waals surface area contributed by atoms with Crippen LogP contribution in [0.15, 0.2) is 24.3 Å². The fourth-order valence-corrected chi connectivity index (χ4v) is 2.77. The van der Waals surface area contributed by atoms with Crippen molar-refractivity contribution in [3.8, 4) is 0 Å². The van der Waals surface area contributed by atoms with Gasteiger partial charge in [0.1, 0.15) is 0 Å². The molecular formula is C17H21ClN2O. The van der Waals surface area contributed by atoms with Gasteiger partial charge in [-0.25, -0.2) is 0 Å². The molecule has 21 heavy (non-hydrogen) atoms. The van der Waals surface area contributed by atoms with Gasteiger partial charge in [-0.3, -0.25) is 9.48 Å². The minimum atomic E-state index is 0.175. The van der Waals surface area contributed by atoms with E-state index in [1.165, 1.54) is 0 Å². The highest BCUT2D eigenvalue weighted by Crippen LogP contribution is 2.22. The van der Waals surface area contributed by atoms with E-state index in [9.17, 15) is 4.79 Å². The van der Waals surface area contributed by atoms with Crippen LogP contribution in [0.25, 0.3) is 0 Å². The van der Waals surface area contributed by atoms with E-state index in [1.54, 1.807) is 0 Å². The molecule has 1 aromatic heterocycles. The lowest BCUT2D eigenvalue weighted by Crippen LogP contribution is -2.08. The highest BCUT2D eigenvalue weighted by molar-refractivity contribution is 6.31. The summed E-state index contributed by atoms with van der Waals surface area (Å²) in [7, 11) is 0. The van der Waals surface area contributed by atoms with Gasteiger partial charge in [-0.05, 0) is 24.5 Å². The lowest BCUT2D eigenvalue weighted by molar-refractivity contribution is 0.0986. The number of hydrogen-bond donors (Lipinski definition) is 0. The summed E-state index contributed by atoms with van der Waals surface area (Å²) in [5.41, 5.74) is 3.74. The minimum absolute atomic E-state index is 0.175. The van der Waals surface area contributed by atoms with Crippen LogP contribution < -0.4 is 0 Å². The van der Waals surface area contributed by atoms with Crippen molar-refractivity contribution in [1.82, 2.24) is 9.78 Å². The molecule has 112 valence electrons. The van der Waals surface area contributed by atoms with Gasteiger partial charge in [0, 0.05) is 17.1 Å². The third kappa shape index (κ3) is 3.18. The van der Waals surface area contributed by atoms with Crippen LogP contribution in [0.5, 0.6) is 0 Å². The van der Waals surface area contributed by atoms with Crippen molar-refractivity contribution in [2.75, 3.05) is 0 Å². The van der Waals surface area contributed by atoms with Crippen molar-refractivity contribution < 1.29 is 4.79 Å². The standard InChI is InChI=1S/C17H21ClN2O/c1-4-14-17(16(21)6-3)15(5-2)20(19-14)11-12-9-7-8-10-13(12)18/h7-10H,4-6,11H2,1-3H3. The number of hydrogen-bond acceptors (Lipinski definition) is 2. The summed E-state index contributed by atoms with van der Waals surface area (Å²) in [6, 6.07) is 7.76. The average molecular weight is 305 g/mol. The summed E-state index contributed by atoms with van der Waals surface area (Å²) in [5.74, 6) is 0.175. The number of halogens is 1. The van der Waals surface area contributed by atoms with Gasteiger partial charge in [0.05, 0.1) is 17.8 Å². The average Bonchev–Trinajstić information content (AvgIpc) is 2.86. The van der Waals surface area contributed by atoms with Gasteiger partial charge >= 0.3 is 0 Å². The van der Waals surface area contributed by atoms with Gasteiger partial charge in [0.25, 0.3) is 0 Å². The Bertz CT molecular complexity index is 646. The zero-order chi connectivity index (χ0) is 15.4. The van der Waals surface area contributed by atoms with Crippen LogP contribution in [-0.4, -0.2) is 15.6 Å². The Morgan fingerprint density at radius 2 is 1.90 bits per heavy atom. The smallest absolute Gasteiger partial charge is 0.166 e. The Balaban J connectivity index is 2.47. The molecule has 0 aliphatic heterocycles. The molecular weight excluding hydrogens is 284 g/mol. The zero-order valence-corrected chi connectivity index (χ0v) is 13.6. The quantitative estimate of drug-likeness (QED) is 0.746. The maximum absolute atomic E-state index is 12.2. The third-order valence-corrected chi connectivity index (χ3v) is 4.05. The maximum Gasteiger partial charge on any atom is 0.166 e. The lowest BCUT2D eigenvalue weighted by Gasteiger charge is -2.08. The first kappa shape index (κ1) is 15.8. The van der Waals surface area contributed by atoms with Crippen LogP contribution in [0, 0.1) is 0 Å².